The number of carbonyl (C=O) groups is 1. The summed E-state index contributed by atoms with van der Waals surface area (Å²) in [6.07, 6.45) is 0. The van der Waals surface area contributed by atoms with Gasteiger partial charge in [0.15, 0.2) is 0 Å². The molecule has 86 valence electrons. The van der Waals surface area contributed by atoms with E-state index in [1.54, 1.807) is 6.92 Å². The highest BCUT2D eigenvalue weighted by atomic mass is 16.6. The molecule has 0 radical (unpaired) electrons. The largest absolute Gasteiger partial charge is 0.395 e. The Morgan fingerprint density at radius 3 is 2.81 bits per heavy atom. The number of aliphatic hydroxyl groups excluding tert-OH is 1. The van der Waals surface area contributed by atoms with E-state index in [0.717, 1.165) is 0 Å². The molecule has 0 aromatic heterocycles. The number of nitrogens with one attached hydrogen (secondary N) is 1. The maximum Gasteiger partial charge on any atom is 0.270 e. The Balaban J connectivity index is 2.97. The lowest BCUT2D eigenvalue weighted by Crippen LogP contribution is -2.27. The van der Waals surface area contributed by atoms with Gasteiger partial charge in [0.05, 0.1) is 11.5 Å². The molecule has 1 amide bonds. The highest BCUT2D eigenvalue weighted by Gasteiger charge is 2.13. The zero-order valence-corrected chi connectivity index (χ0v) is 8.77. The number of nitro groups is 1. The third-order valence-electron chi connectivity index (χ3n) is 2.07. The molecule has 6 nitrogen and oxygen atoms in total. The van der Waals surface area contributed by atoms with Gasteiger partial charge in [0.2, 0.25) is 0 Å². The summed E-state index contributed by atoms with van der Waals surface area (Å²) in [6.45, 7) is 1.65. The molecular weight excluding hydrogens is 212 g/mol. The lowest BCUT2D eigenvalue weighted by atomic mass is 10.1. The summed E-state index contributed by atoms with van der Waals surface area (Å²) in [5.74, 6) is -0.421. The SMILES string of the molecule is Cc1ccc([N+](=O)[O-])cc1C(=O)NCCO. The van der Waals surface area contributed by atoms with E-state index >= 15 is 0 Å². The molecule has 0 aliphatic rings. The van der Waals surface area contributed by atoms with Crippen molar-refractivity contribution in [2.24, 2.45) is 0 Å². The fourth-order valence-electron chi connectivity index (χ4n) is 1.23. The number of non-ortho nitro benzene ring substituents is 1. The minimum Gasteiger partial charge on any atom is -0.395 e. The first-order valence-electron chi connectivity index (χ1n) is 4.70. The molecule has 0 atom stereocenters. The summed E-state index contributed by atoms with van der Waals surface area (Å²) < 4.78 is 0. The summed E-state index contributed by atoms with van der Waals surface area (Å²) in [6, 6.07) is 4.09. The molecule has 0 heterocycles. The first-order chi connectivity index (χ1) is 7.56. The maximum atomic E-state index is 11.6. The van der Waals surface area contributed by atoms with Crippen LogP contribution in [0.25, 0.3) is 0 Å². The third-order valence-corrected chi connectivity index (χ3v) is 2.07. The third kappa shape index (κ3) is 2.77. The van der Waals surface area contributed by atoms with Gasteiger partial charge in [-0.05, 0) is 12.5 Å². The van der Waals surface area contributed by atoms with Crippen molar-refractivity contribution in [2.45, 2.75) is 6.92 Å². The second-order valence-electron chi connectivity index (χ2n) is 3.24. The average Bonchev–Trinajstić information content (AvgIpc) is 2.26. The number of aliphatic hydroxyl groups is 1. The zero-order valence-electron chi connectivity index (χ0n) is 8.77. The molecule has 6 heteroatoms. The molecule has 0 spiro atoms. The van der Waals surface area contributed by atoms with Crippen LogP contribution in [0.5, 0.6) is 0 Å². The summed E-state index contributed by atoms with van der Waals surface area (Å²) >= 11 is 0. The molecule has 0 unspecified atom stereocenters. The van der Waals surface area contributed by atoms with E-state index < -0.39 is 10.8 Å². The number of nitro benzene ring substituents is 1. The van der Waals surface area contributed by atoms with Gasteiger partial charge in [-0.3, -0.25) is 14.9 Å². The first kappa shape index (κ1) is 12.1. The van der Waals surface area contributed by atoms with E-state index in [2.05, 4.69) is 5.32 Å². The molecule has 0 saturated heterocycles. The molecule has 0 aliphatic carbocycles. The van der Waals surface area contributed by atoms with Crippen LogP contribution in [-0.4, -0.2) is 29.1 Å². The first-order valence-corrected chi connectivity index (χ1v) is 4.70. The smallest absolute Gasteiger partial charge is 0.270 e. The van der Waals surface area contributed by atoms with Gasteiger partial charge >= 0.3 is 0 Å². The number of rotatable bonds is 4. The molecular formula is C10H12N2O4. The van der Waals surface area contributed by atoms with Crippen LogP contribution >= 0.6 is 0 Å². The van der Waals surface area contributed by atoms with Crippen LogP contribution in [0.15, 0.2) is 18.2 Å². The average molecular weight is 224 g/mol. The predicted octanol–water partition coefficient (Wildman–Crippen LogP) is 0.625. The van der Waals surface area contributed by atoms with Crippen molar-refractivity contribution < 1.29 is 14.8 Å². The molecule has 16 heavy (non-hydrogen) atoms. The molecule has 1 rings (SSSR count). The van der Waals surface area contributed by atoms with Gasteiger partial charge in [0.25, 0.3) is 11.6 Å². The van der Waals surface area contributed by atoms with Gasteiger partial charge in [-0.15, -0.1) is 0 Å². The van der Waals surface area contributed by atoms with E-state index in [4.69, 9.17) is 5.11 Å². The Hall–Kier alpha value is -1.95. The Morgan fingerprint density at radius 2 is 2.25 bits per heavy atom. The molecule has 2 N–H and O–H groups in total. The number of amides is 1. The van der Waals surface area contributed by atoms with Crippen LogP contribution in [0.1, 0.15) is 15.9 Å². The van der Waals surface area contributed by atoms with E-state index in [-0.39, 0.29) is 24.4 Å². The Bertz CT molecular complexity index is 417. The fraction of sp³-hybridized carbons (Fsp3) is 0.300. The fourth-order valence-corrected chi connectivity index (χ4v) is 1.23. The van der Waals surface area contributed by atoms with Gasteiger partial charge in [0, 0.05) is 24.2 Å². The van der Waals surface area contributed by atoms with Gasteiger partial charge in [0.1, 0.15) is 0 Å². The molecule has 0 fully saturated rings. The van der Waals surface area contributed by atoms with Crippen molar-refractivity contribution in [3.63, 3.8) is 0 Å². The van der Waals surface area contributed by atoms with E-state index in [1.807, 2.05) is 0 Å². The minimum absolute atomic E-state index is 0.125. The number of hydrogen-bond donors (Lipinski definition) is 2. The standard InChI is InChI=1S/C10H12N2O4/c1-7-2-3-8(12(15)16)6-9(7)10(14)11-4-5-13/h2-3,6,13H,4-5H2,1H3,(H,11,14). The van der Waals surface area contributed by atoms with Crippen LogP contribution < -0.4 is 5.32 Å². The van der Waals surface area contributed by atoms with Gasteiger partial charge < -0.3 is 10.4 Å². The summed E-state index contributed by atoms with van der Waals surface area (Å²) in [7, 11) is 0. The number of aryl methyl sites for hydroxylation is 1. The Labute approximate surface area is 92.0 Å². The minimum atomic E-state index is -0.553. The van der Waals surface area contributed by atoms with Crippen LogP contribution in [0, 0.1) is 17.0 Å². The van der Waals surface area contributed by atoms with Crippen molar-refractivity contribution in [2.75, 3.05) is 13.2 Å². The van der Waals surface area contributed by atoms with E-state index in [9.17, 15) is 14.9 Å². The molecule has 0 aliphatic heterocycles. The summed E-state index contributed by atoms with van der Waals surface area (Å²) in [5, 5.41) is 21.5. The van der Waals surface area contributed by atoms with Crippen LogP contribution in [0.4, 0.5) is 5.69 Å². The molecule has 1 aromatic rings. The van der Waals surface area contributed by atoms with Crippen molar-refractivity contribution in [1.29, 1.82) is 0 Å². The second kappa shape index (κ2) is 5.22. The van der Waals surface area contributed by atoms with Gasteiger partial charge in [-0.2, -0.15) is 0 Å². The summed E-state index contributed by atoms with van der Waals surface area (Å²) in [5.41, 5.74) is 0.781. The van der Waals surface area contributed by atoms with Gasteiger partial charge in [-0.25, -0.2) is 0 Å². The normalized spacial score (nSPS) is 9.88. The van der Waals surface area contributed by atoms with E-state index in [0.29, 0.717) is 5.56 Å². The molecule has 0 bridgehead atoms. The number of hydrogen-bond acceptors (Lipinski definition) is 4. The lowest BCUT2D eigenvalue weighted by Gasteiger charge is -2.05. The van der Waals surface area contributed by atoms with Crippen LogP contribution in [0.3, 0.4) is 0 Å². The number of benzene rings is 1. The van der Waals surface area contributed by atoms with Crippen molar-refractivity contribution >= 4 is 11.6 Å². The number of nitrogens with zero attached hydrogens (tertiary/aromatic N) is 1. The predicted molar refractivity (Wildman–Crippen MR) is 57.3 cm³/mol. The Morgan fingerprint density at radius 1 is 1.56 bits per heavy atom. The highest BCUT2D eigenvalue weighted by Crippen LogP contribution is 2.17. The molecule has 1 aromatic carbocycles. The van der Waals surface area contributed by atoms with Crippen LogP contribution in [0.2, 0.25) is 0 Å². The van der Waals surface area contributed by atoms with Gasteiger partial charge in [-0.1, -0.05) is 6.07 Å². The van der Waals surface area contributed by atoms with Crippen molar-refractivity contribution in [1.82, 2.24) is 5.32 Å². The lowest BCUT2D eigenvalue weighted by molar-refractivity contribution is -0.384. The maximum absolute atomic E-state index is 11.6. The Kier molecular flexibility index (Phi) is 3.96. The monoisotopic (exact) mass is 224 g/mol. The highest BCUT2D eigenvalue weighted by molar-refractivity contribution is 5.96. The topological polar surface area (TPSA) is 92.5 Å². The van der Waals surface area contributed by atoms with Crippen molar-refractivity contribution in [3.05, 3.63) is 39.4 Å². The van der Waals surface area contributed by atoms with E-state index in [1.165, 1.54) is 18.2 Å². The van der Waals surface area contributed by atoms with Crippen molar-refractivity contribution in [3.8, 4) is 0 Å². The zero-order chi connectivity index (χ0) is 12.1. The van der Waals surface area contributed by atoms with Crippen LogP contribution in [-0.2, 0) is 0 Å². The molecule has 0 saturated carbocycles. The second-order valence-corrected chi connectivity index (χ2v) is 3.24. The summed E-state index contributed by atoms with van der Waals surface area (Å²) in [4.78, 5) is 21.5. The number of carbonyl (C=O) groups excluding carboxylic acids is 1. The quantitative estimate of drug-likeness (QED) is 0.579.